The lowest BCUT2D eigenvalue weighted by Crippen LogP contribution is -2.31. The van der Waals surface area contributed by atoms with Gasteiger partial charge in [0, 0.05) is 30.8 Å². The summed E-state index contributed by atoms with van der Waals surface area (Å²) in [5.41, 5.74) is 1.06. The molecular weight excluding hydrogens is 268 g/mol. The van der Waals surface area contributed by atoms with Crippen LogP contribution in [0, 0.1) is 0 Å². The molecule has 1 fully saturated rings. The fourth-order valence-electron chi connectivity index (χ4n) is 2.15. The molecule has 2 N–H and O–H groups in total. The summed E-state index contributed by atoms with van der Waals surface area (Å²) in [6, 6.07) is 6.57. The Labute approximate surface area is 124 Å². The van der Waals surface area contributed by atoms with Gasteiger partial charge in [-0.25, -0.2) is 0 Å². The Morgan fingerprint density at radius 2 is 1.81 bits per heavy atom. The highest BCUT2D eigenvalue weighted by molar-refractivity contribution is 5.97. The van der Waals surface area contributed by atoms with Crippen LogP contribution in [0.4, 0.5) is 0 Å². The van der Waals surface area contributed by atoms with Crippen molar-refractivity contribution in [2.24, 2.45) is 0 Å². The van der Waals surface area contributed by atoms with Crippen LogP contribution in [0.1, 0.15) is 33.6 Å². The summed E-state index contributed by atoms with van der Waals surface area (Å²) >= 11 is 0. The van der Waals surface area contributed by atoms with Crippen LogP contribution in [0.3, 0.4) is 0 Å². The van der Waals surface area contributed by atoms with Crippen LogP contribution in [-0.2, 0) is 4.74 Å². The number of hydrogen-bond acceptors (Lipinski definition) is 3. The molecule has 2 amide bonds. The lowest BCUT2D eigenvalue weighted by atomic mass is 10.1. The zero-order valence-corrected chi connectivity index (χ0v) is 11.9. The molecule has 5 nitrogen and oxygen atoms in total. The van der Waals surface area contributed by atoms with E-state index in [4.69, 9.17) is 4.74 Å². The SMILES string of the molecule is C=CCNC(=O)c1ccc(C(=O)NCC2CCCO2)cc1. The van der Waals surface area contributed by atoms with Crippen molar-refractivity contribution in [3.05, 3.63) is 48.0 Å². The minimum Gasteiger partial charge on any atom is -0.376 e. The Bertz CT molecular complexity index is 505. The summed E-state index contributed by atoms with van der Waals surface area (Å²) in [6.07, 6.45) is 3.78. The normalized spacial score (nSPS) is 17.2. The summed E-state index contributed by atoms with van der Waals surface area (Å²) in [5, 5.41) is 5.53. The summed E-state index contributed by atoms with van der Waals surface area (Å²) < 4.78 is 5.45. The molecule has 21 heavy (non-hydrogen) atoms. The second kappa shape index (κ2) is 7.59. The van der Waals surface area contributed by atoms with Gasteiger partial charge in [-0.2, -0.15) is 0 Å². The van der Waals surface area contributed by atoms with Crippen molar-refractivity contribution < 1.29 is 14.3 Å². The molecule has 0 aliphatic carbocycles. The van der Waals surface area contributed by atoms with E-state index in [0.717, 1.165) is 19.4 Å². The van der Waals surface area contributed by atoms with Gasteiger partial charge < -0.3 is 15.4 Å². The number of hydrogen-bond donors (Lipinski definition) is 2. The second-order valence-corrected chi connectivity index (χ2v) is 4.92. The van der Waals surface area contributed by atoms with Gasteiger partial charge in [0.2, 0.25) is 0 Å². The van der Waals surface area contributed by atoms with E-state index in [9.17, 15) is 9.59 Å². The van der Waals surface area contributed by atoms with Gasteiger partial charge in [-0.1, -0.05) is 6.08 Å². The molecule has 1 aliphatic rings. The molecule has 2 rings (SSSR count). The van der Waals surface area contributed by atoms with Gasteiger partial charge in [0.25, 0.3) is 11.8 Å². The van der Waals surface area contributed by atoms with Crippen molar-refractivity contribution in [1.82, 2.24) is 10.6 Å². The van der Waals surface area contributed by atoms with E-state index in [2.05, 4.69) is 17.2 Å². The number of amides is 2. The predicted octanol–water partition coefficient (Wildman–Crippen LogP) is 1.51. The first-order valence-electron chi connectivity index (χ1n) is 7.09. The van der Waals surface area contributed by atoms with Gasteiger partial charge >= 0.3 is 0 Å². The van der Waals surface area contributed by atoms with E-state index in [-0.39, 0.29) is 17.9 Å². The minimum atomic E-state index is -0.179. The third-order valence-corrected chi connectivity index (χ3v) is 3.33. The van der Waals surface area contributed by atoms with Crippen molar-refractivity contribution in [2.75, 3.05) is 19.7 Å². The minimum absolute atomic E-state index is 0.123. The maximum absolute atomic E-state index is 12.0. The number of rotatable bonds is 6. The monoisotopic (exact) mass is 288 g/mol. The first-order chi connectivity index (χ1) is 10.2. The molecule has 112 valence electrons. The van der Waals surface area contributed by atoms with Gasteiger partial charge in [-0.15, -0.1) is 6.58 Å². The van der Waals surface area contributed by atoms with Crippen LogP contribution in [0.25, 0.3) is 0 Å². The highest BCUT2D eigenvalue weighted by Gasteiger charge is 2.16. The van der Waals surface area contributed by atoms with Gasteiger partial charge in [-0.05, 0) is 37.1 Å². The summed E-state index contributed by atoms with van der Waals surface area (Å²) in [7, 11) is 0. The average molecular weight is 288 g/mol. The molecule has 1 atom stereocenters. The lowest BCUT2D eigenvalue weighted by molar-refractivity contribution is 0.0857. The molecule has 1 aromatic carbocycles. The molecule has 0 spiro atoms. The van der Waals surface area contributed by atoms with Crippen LogP contribution in [0.2, 0.25) is 0 Å². The number of carbonyl (C=O) groups excluding carboxylic acids is 2. The van der Waals surface area contributed by atoms with Crippen LogP contribution in [0.15, 0.2) is 36.9 Å². The Morgan fingerprint density at radius 1 is 1.19 bits per heavy atom. The summed E-state index contributed by atoms with van der Waals surface area (Å²) in [4.78, 5) is 23.7. The Hall–Kier alpha value is -2.14. The third kappa shape index (κ3) is 4.43. The van der Waals surface area contributed by atoms with Crippen LogP contribution >= 0.6 is 0 Å². The maximum atomic E-state index is 12.0. The smallest absolute Gasteiger partial charge is 0.251 e. The van der Waals surface area contributed by atoms with Gasteiger partial charge in [0.1, 0.15) is 0 Å². The third-order valence-electron chi connectivity index (χ3n) is 3.33. The molecule has 0 bridgehead atoms. The van der Waals surface area contributed by atoms with E-state index in [1.807, 2.05) is 0 Å². The highest BCUT2D eigenvalue weighted by Crippen LogP contribution is 2.11. The molecule has 1 heterocycles. The Morgan fingerprint density at radius 3 is 2.33 bits per heavy atom. The predicted molar refractivity (Wildman–Crippen MR) is 80.3 cm³/mol. The first-order valence-corrected chi connectivity index (χ1v) is 7.09. The molecule has 1 unspecified atom stereocenters. The van der Waals surface area contributed by atoms with Gasteiger partial charge in [0.05, 0.1) is 6.10 Å². The number of carbonyl (C=O) groups is 2. The second-order valence-electron chi connectivity index (χ2n) is 4.92. The lowest BCUT2D eigenvalue weighted by Gasteiger charge is -2.11. The quantitative estimate of drug-likeness (QED) is 0.780. The standard InChI is InChI=1S/C16H20N2O3/c1-2-9-17-15(19)12-5-7-13(8-6-12)16(20)18-11-14-4-3-10-21-14/h2,5-8,14H,1,3-4,9-11H2,(H,17,19)(H,18,20). The van der Waals surface area contributed by atoms with E-state index in [0.29, 0.717) is 24.2 Å². The van der Waals surface area contributed by atoms with Gasteiger partial charge in [-0.3, -0.25) is 9.59 Å². The van der Waals surface area contributed by atoms with E-state index < -0.39 is 0 Å². The Kier molecular flexibility index (Phi) is 5.51. The first kappa shape index (κ1) is 15.3. The number of nitrogens with one attached hydrogen (secondary N) is 2. The average Bonchev–Trinajstić information content (AvgIpc) is 3.04. The van der Waals surface area contributed by atoms with Crippen LogP contribution < -0.4 is 10.6 Å². The highest BCUT2D eigenvalue weighted by atomic mass is 16.5. The van der Waals surface area contributed by atoms with E-state index in [1.165, 1.54) is 0 Å². The van der Waals surface area contributed by atoms with Crippen LogP contribution in [0.5, 0.6) is 0 Å². The fraction of sp³-hybridized carbons (Fsp3) is 0.375. The van der Waals surface area contributed by atoms with Crippen LogP contribution in [-0.4, -0.2) is 37.6 Å². The van der Waals surface area contributed by atoms with E-state index in [1.54, 1.807) is 30.3 Å². The van der Waals surface area contributed by atoms with Crippen molar-refractivity contribution in [3.8, 4) is 0 Å². The number of benzene rings is 1. The topological polar surface area (TPSA) is 67.4 Å². The summed E-state index contributed by atoms with van der Waals surface area (Å²) in [5.74, 6) is -0.329. The largest absolute Gasteiger partial charge is 0.376 e. The van der Waals surface area contributed by atoms with Gasteiger partial charge in [0.15, 0.2) is 0 Å². The van der Waals surface area contributed by atoms with Crippen molar-refractivity contribution in [1.29, 1.82) is 0 Å². The fourth-order valence-corrected chi connectivity index (χ4v) is 2.15. The molecule has 5 heteroatoms. The van der Waals surface area contributed by atoms with Crippen molar-refractivity contribution in [2.45, 2.75) is 18.9 Å². The molecule has 1 aliphatic heterocycles. The maximum Gasteiger partial charge on any atom is 0.251 e. The van der Waals surface area contributed by atoms with Crippen molar-refractivity contribution in [3.63, 3.8) is 0 Å². The molecule has 0 aromatic heterocycles. The number of ether oxygens (including phenoxy) is 1. The van der Waals surface area contributed by atoms with Crippen molar-refractivity contribution >= 4 is 11.8 Å². The molecule has 1 saturated heterocycles. The molecule has 0 saturated carbocycles. The summed E-state index contributed by atoms with van der Waals surface area (Å²) in [6.45, 7) is 5.26. The Balaban J connectivity index is 1.86. The molecular formula is C16H20N2O3. The van der Waals surface area contributed by atoms with E-state index >= 15 is 0 Å². The zero-order chi connectivity index (χ0) is 15.1. The molecule has 1 aromatic rings. The zero-order valence-electron chi connectivity index (χ0n) is 11.9. The molecule has 0 radical (unpaired) electrons.